The fourth-order valence-corrected chi connectivity index (χ4v) is 5.39. The second-order valence-electron chi connectivity index (χ2n) is 11.0. The fourth-order valence-electron chi connectivity index (χ4n) is 3.41. The molecule has 0 aliphatic carbocycles. The van der Waals surface area contributed by atoms with Gasteiger partial charge in [0.1, 0.15) is 5.60 Å². The smallest absolute Gasteiger partial charge is 0.410 e. The third kappa shape index (κ3) is 7.65. The first-order chi connectivity index (χ1) is 15.0. The minimum atomic E-state index is -2.12. The van der Waals surface area contributed by atoms with Gasteiger partial charge in [0.2, 0.25) is 4.38 Å². The minimum Gasteiger partial charge on any atom is -0.463 e. The van der Waals surface area contributed by atoms with E-state index in [-0.39, 0.29) is 17.7 Å². The maximum Gasteiger partial charge on any atom is 0.410 e. The first kappa shape index (κ1) is 28.6. The standard InChI is InChI=1S/C23H37BrN2O4S2Si/c1-21(2,3)28-19(27)26-14-17(30-33(8,9)22(4,5)6)12-23(15-26,29-20(31)32-7)18-11-10-16(24)13-25-18/h10-11,13,17H,12,14-15H2,1-9H3/t17-,23?/m1/s1. The summed E-state index contributed by atoms with van der Waals surface area (Å²) in [6.07, 6.45) is 3.50. The monoisotopic (exact) mass is 576 g/mol. The highest BCUT2D eigenvalue weighted by atomic mass is 79.9. The zero-order chi connectivity index (χ0) is 25.2. The Kier molecular flexibility index (Phi) is 9.10. The number of halogens is 1. The number of rotatable bonds is 4. The molecule has 2 atom stereocenters. The van der Waals surface area contributed by atoms with E-state index in [1.807, 2.05) is 39.2 Å². The molecule has 1 unspecified atom stereocenters. The van der Waals surface area contributed by atoms with Crippen molar-refractivity contribution in [2.45, 2.75) is 83.4 Å². The highest BCUT2D eigenvalue weighted by molar-refractivity contribution is 9.10. The van der Waals surface area contributed by atoms with Gasteiger partial charge in [0.05, 0.1) is 18.3 Å². The Bertz CT molecular complexity index is 856. The largest absolute Gasteiger partial charge is 0.463 e. The molecule has 0 bridgehead atoms. The van der Waals surface area contributed by atoms with Crippen LogP contribution in [0.15, 0.2) is 22.8 Å². The number of hydrogen-bond donors (Lipinski definition) is 0. The van der Waals surface area contributed by atoms with Gasteiger partial charge < -0.3 is 18.8 Å². The number of pyridine rings is 1. The summed E-state index contributed by atoms with van der Waals surface area (Å²) >= 11 is 10.3. The predicted molar refractivity (Wildman–Crippen MR) is 145 cm³/mol. The van der Waals surface area contributed by atoms with Gasteiger partial charge >= 0.3 is 6.09 Å². The number of thiocarbonyl (C=S) groups is 1. The molecule has 6 nitrogen and oxygen atoms in total. The van der Waals surface area contributed by atoms with Crippen LogP contribution in [0.25, 0.3) is 0 Å². The van der Waals surface area contributed by atoms with E-state index in [9.17, 15) is 4.79 Å². The van der Waals surface area contributed by atoms with Crippen molar-refractivity contribution >= 4 is 58.7 Å². The third-order valence-corrected chi connectivity index (χ3v) is 12.0. The van der Waals surface area contributed by atoms with E-state index < -0.39 is 25.6 Å². The second kappa shape index (κ2) is 10.5. The summed E-state index contributed by atoms with van der Waals surface area (Å²) < 4.78 is 20.2. The van der Waals surface area contributed by atoms with E-state index >= 15 is 0 Å². The van der Waals surface area contributed by atoms with Crippen LogP contribution in [0.5, 0.6) is 0 Å². The number of piperidine rings is 1. The first-order valence-electron chi connectivity index (χ1n) is 11.0. The molecule has 2 rings (SSSR count). The van der Waals surface area contributed by atoms with Crippen molar-refractivity contribution in [2.24, 2.45) is 0 Å². The van der Waals surface area contributed by atoms with Gasteiger partial charge in [-0.2, -0.15) is 0 Å². The third-order valence-electron chi connectivity index (χ3n) is 5.99. The Labute approximate surface area is 217 Å². The molecule has 1 saturated heterocycles. The topological polar surface area (TPSA) is 60.9 Å². The van der Waals surface area contributed by atoms with E-state index in [0.717, 1.165) is 4.47 Å². The van der Waals surface area contributed by atoms with Crippen LogP contribution < -0.4 is 0 Å². The number of carbonyl (C=O) groups excluding carboxylic acids is 1. The van der Waals surface area contributed by atoms with Crippen molar-refractivity contribution in [1.82, 2.24) is 9.88 Å². The van der Waals surface area contributed by atoms with Crippen molar-refractivity contribution in [3.05, 3.63) is 28.5 Å². The van der Waals surface area contributed by atoms with Crippen LogP contribution in [0.1, 0.15) is 53.7 Å². The van der Waals surface area contributed by atoms with Gasteiger partial charge in [0, 0.05) is 23.6 Å². The molecule has 186 valence electrons. The van der Waals surface area contributed by atoms with Gasteiger partial charge in [-0.25, -0.2) is 4.79 Å². The van der Waals surface area contributed by atoms with E-state index in [1.54, 1.807) is 11.1 Å². The molecule has 1 aliphatic rings. The van der Waals surface area contributed by atoms with Crippen LogP contribution in [-0.2, 0) is 19.5 Å². The van der Waals surface area contributed by atoms with Crippen molar-refractivity contribution in [3.63, 3.8) is 0 Å². The van der Waals surface area contributed by atoms with E-state index in [1.165, 1.54) is 11.8 Å². The summed E-state index contributed by atoms with van der Waals surface area (Å²) in [6.45, 7) is 17.3. The summed E-state index contributed by atoms with van der Waals surface area (Å²) in [7, 11) is -2.12. The molecule has 1 aromatic rings. The summed E-state index contributed by atoms with van der Waals surface area (Å²) in [5.74, 6) is 0. The van der Waals surface area contributed by atoms with E-state index in [0.29, 0.717) is 23.0 Å². The Balaban J connectivity index is 2.53. The van der Waals surface area contributed by atoms with Gasteiger partial charge in [0.25, 0.3) is 0 Å². The van der Waals surface area contributed by atoms with Crippen molar-refractivity contribution in [1.29, 1.82) is 0 Å². The SMILES string of the molecule is CSC(=S)OC1(c2ccc(Br)cn2)C[C@@H](O[Si](C)(C)C(C)(C)C)CN(C(=O)OC(C)(C)C)C1. The summed E-state index contributed by atoms with van der Waals surface area (Å²) in [5.41, 5.74) is -0.847. The Morgan fingerprint density at radius 3 is 2.39 bits per heavy atom. The number of likely N-dealkylation sites (tertiary alicyclic amines) is 1. The highest BCUT2D eigenvalue weighted by Crippen LogP contribution is 2.42. The maximum absolute atomic E-state index is 13.2. The van der Waals surface area contributed by atoms with Crippen molar-refractivity contribution in [2.75, 3.05) is 19.3 Å². The number of hydrogen-bond acceptors (Lipinski definition) is 7. The van der Waals surface area contributed by atoms with Crippen LogP contribution >= 0.6 is 39.9 Å². The zero-order valence-corrected chi connectivity index (χ0v) is 25.4. The van der Waals surface area contributed by atoms with Crippen LogP contribution in [0, 0.1) is 0 Å². The second-order valence-corrected chi connectivity index (χ2v) is 18.1. The van der Waals surface area contributed by atoms with Crippen LogP contribution in [0.2, 0.25) is 18.1 Å². The lowest BCUT2D eigenvalue weighted by Crippen LogP contribution is -2.59. The lowest BCUT2D eigenvalue weighted by molar-refractivity contribution is -0.0742. The molecule has 0 radical (unpaired) electrons. The molecular weight excluding hydrogens is 540 g/mol. The molecule has 1 fully saturated rings. The minimum absolute atomic E-state index is 0.0230. The Morgan fingerprint density at radius 1 is 1.27 bits per heavy atom. The summed E-state index contributed by atoms with van der Waals surface area (Å²) in [5, 5.41) is 0.0230. The van der Waals surface area contributed by atoms with Gasteiger partial charge in [-0.3, -0.25) is 4.98 Å². The van der Waals surface area contributed by atoms with Gasteiger partial charge in [-0.1, -0.05) is 32.5 Å². The average molecular weight is 578 g/mol. The molecule has 1 aromatic heterocycles. The summed E-state index contributed by atoms with van der Waals surface area (Å²) in [4.78, 5) is 19.5. The molecule has 0 aromatic carbocycles. The lowest BCUT2D eigenvalue weighted by atomic mass is 9.87. The molecule has 0 spiro atoms. The molecule has 0 N–H and O–H groups in total. The van der Waals surface area contributed by atoms with E-state index in [2.05, 4.69) is 54.8 Å². The summed E-state index contributed by atoms with van der Waals surface area (Å²) in [6, 6.07) is 3.83. The maximum atomic E-state index is 13.2. The average Bonchev–Trinajstić information content (AvgIpc) is 2.65. The lowest BCUT2D eigenvalue weighted by Gasteiger charge is -2.48. The number of aromatic nitrogens is 1. The number of carbonyl (C=O) groups is 1. The van der Waals surface area contributed by atoms with Gasteiger partial charge in [-0.05, 0) is 85.4 Å². The molecule has 10 heteroatoms. The van der Waals surface area contributed by atoms with Gasteiger partial charge in [0.15, 0.2) is 13.9 Å². The number of thioether (sulfide) groups is 1. The van der Waals surface area contributed by atoms with Crippen molar-refractivity contribution < 1.29 is 18.7 Å². The number of ether oxygens (including phenoxy) is 2. The van der Waals surface area contributed by atoms with Crippen LogP contribution in [0.4, 0.5) is 4.79 Å². The quantitative estimate of drug-likeness (QED) is 0.290. The molecule has 1 amide bonds. The van der Waals surface area contributed by atoms with Gasteiger partial charge in [-0.15, -0.1) is 0 Å². The molecule has 0 saturated carbocycles. The highest BCUT2D eigenvalue weighted by Gasteiger charge is 2.50. The normalized spacial score (nSPS) is 22.1. The molecule has 2 heterocycles. The number of nitrogens with zero attached hydrogens (tertiary/aromatic N) is 2. The number of amides is 1. The Morgan fingerprint density at radius 2 is 1.91 bits per heavy atom. The van der Waals surface area contributed by atoms with Crippen molar-refractivity contribution in [3.8, 4) is 0 Å². The molecule has 1 aliphatic heterocycles. The Hall–Kier alpha value is -0.683. The van der Waals surface area contributed by atoms with Crippen LogP contribution in [-0.4, -0.2) is 59.7 Å². The predicted octanol–water partition coefficient (Wildman–Crippen LogP) is 6.74. The first-order valence-corrected chi connectivity index (χ1v) is 16.4. The van der Waals surface area contributed by atoms with E-state index in [4.69, 9.17) is 26.1 Å². The fraction of sp³-hybridized carbons (Fsp3) is 0.696. The molecule has 33 heavy (non-hydrogen) atoms. The zero-order valence-electron chi connectivity index (χ0n) is 21.2. The molecular formula is C23H37BrN2O4S2Si. The van der Waals surface area contributed by atoms with Crippen LogP contribution in [0.3, 0.4) is 0 Å².